The Morgan fingerprint density at radius 1 is 1.35 bits per heavy atom. The molecular weight excluding hydrogens is 277 g/mol. The molecule has 1 heterocycles. The van der Waals surface area contributed by atoms with E-state index < -0.39 is 30.0 Å². The molecule has 1 aliphatic heterocycles. The number of para-hydroxylation sites is 1. The van der Waals surface area contributed by atoms with Crippen molar-refractivity contribution in [1.29, 1.82) is 0 Å². The lowest BCUT2D eigenvalue weighted by atomic mass is 9.89. The Morgan fingerprint density at radius 3 is 2.60 bits per heavy atom. The first-order valence-electron chi connectivity index (χ1n) is 5.89. The number of carbonyl (C=O) groups excluding carboxylic acids is 2. The highest BCUT2D eigenvalue weighted by atomic mass is 19.4. The maximum absolute atomic E-state index is 13.0. The molecule has 7 heteroatoms. The van der Waals surface area contributed by atoms with Crippen molar-refractivity contribution >= 4 is 11.8 Å². The number of benzene rings is 1. The fourth-order valence-corrected chi connectivity index (χ4v) is 2.00. The van der Waals surface area contributed by atoms with Gasteiger partial charge >= 0.3 is 12.1 Å². The van der Waals surface area contributed by atoms with Crippen molar-refractivity contribution in [1.82, 2.24) is 0 Å². The number of fused-ring (bicyclic) bond motifs is 1. The number of halogens is 3. The summed E-state index contributed by atoms with van der Waals surface area (Å²) in [4.78, 5) is 23.8. The molecule has 2 unspecified atom stereocenters. The maximum atomic E-state index is 13.0. The van der Waals surface area contributed by atoms with E-state index in [1.54, 1.807) is 0 Å². The molecule has 0 saturated heterocycles. The van der Waals surface area contributed by atoms with Gasteiger partial charge < -0.3 is 9.47 Å². The minimum Gasteiger partial charge on any atom is -0.479 e. The molecule has 0 N–H and O–H groups in total. The monoisotopic (exact) mass is 288 g/mol. The molecule has 0 radical (unpaired) electrons. The van der Waals surface area contributed by atoms with Gasteiger partial charge in [0.05, 0.1) is 12.2 Å². The van der Waals surface area contributed by atoms with Crippen LogP contribution in [-0.2, 0) is 9.53 Å². The molecule has 1 aromatic carbocycles. The van der Waals surface area contributed by atoms with Crippen molar-refractivity contribution in [3.05, 3.63) is 29.8 Å². The summed E-state index contributed by atoms with van der Waals surface area (Å²) in [6.07, 6.45) is -7.37. The highest BCUT2D eigenvalue weighted by molar-refractivity contribution is 6.11. The van der Waals surface area contributed by atoms with Gasteiger partial charge in [-0.25, -0.2) is 0 Å². The largest absolute Gasteiger partial charge is 0.479 e. The number of hydrogen-bond acceptors (Lipinski definition) is 4. The van der Waals surface area contributed by atoms with Crippen LogP contribution in [0.4, 0.5) is 13.2 Å². The zero-order chi connectivity index (χ0) is 14.9. The number of alkyl halides is 3. The summed E-state index contributed by atoms with van der Waals surface area (Å²) in [5, 5.41) is 0. The van der Waals surface area contributed by atoms with Gasteiger partial charge in [0.25, 0.3) is 0 Å². The maximum Gasteiger partial charge on any atom is 0.426 e. The molecule has 0 saturated carbocycles. The van der Waals surface area contributed by atoms with E-state index in [2.05, 4.69) is 4.74 Å². The van der Waals surface area contributed by atoms with Crippen molar-refractivity contribution in [2.75, 3.05) is 6.61 Å². The Labute approximate surface area is 112 Å². The van der Waals surface area contributed by atoms with Gasteiger partial charge in [0.2, 0.25) is 6.10 Å². The molecule has 0 aromatic heterocycles. The Bertz CT molecular complexity index is 539. The van der Waals surface area contributed by atoms with Crippen LogP contribution in [0, 0.1) is 5.92 Å². The van der Waals surface area contributed by atoms with Crippen molar-refractivity contribution in [2.45, 2.75) is 19.2 Å². The number of ether oxygens (including phenoxy) is 2. The topological polar surface area (TPSA) is 52.6 Å². The molecule has 2 atom stereocenters. The quantitative estimate of drug-likeness (QED) is 0.619. The Kier molecular flexibility index (Phi) is 3.69. The highest BCUT2D eigenvalue weighted by Gasteiger charge is 2.56. The van der Waals surface area contributed by atoms with Crippen molar-refractivity contribution in [2.24, 2.45) is 5.92 Å². The summed E-state index contributed by atoms with van der Waals surface area (Å²) in [6, 6.07) is 5.50. The molecule has 20 heavy (non-hydrogen) atoms. The Hall–Kier alpha value is -2.05. The van der Waals surface area contributed by atoms with Gasteiger partial charge in [0.15, 0.2) is 11.7 Å². The fourth-order valence-electron chi connectivity index (χ4n) is 2.00. The average Bonchev–Trinajstić information content (AvgIpc) is 2.37. The van der Waals surface area contributed by atoms with Crippen LogP contribution >= 0.6 is 0 Å². The lowest BCUT2D eigenvalue weighted by Gasteiger charge is -2.32. The summed E-state index contributed by atoms with van der Waals surface area (Å²) < 4.78 is 48.3. The van der Waals surface area contributed by atoms with E-state index in [-0.39, 0.29) is 17.9 Å². The van der Waals surface area contributed by atoms with Crippen LogP contribution in [0.25, 0.3) is 0 Å². The highest BCUT2D eigenvalue weighted by Crippen LogP contribution is 2.38. The number of ketones is 1. The summed E-state index contributed by atoms with van der Waals surface area (Å²) in [7, 11) is 0. The van der Waals surface area contributed by atoms with E-state index in [4.69, 9.17) is 4.74 Å². The molecule has 0 amide bonds. The SMILES string of the molecule is CCOC(=O)C1C(=O)c2ccccc2OC1C(F)(F)F. The molecule has 2 rings (SSSR count). The van der Waals surface area contributed by atoms with Crippen molar-refractivity contribution in [3.63, 3.8) is 0 Å². The van der Waals surface area contributed by atoms with Gasteiger partial charge in [-0.3, -0.25) is 9.59 Å². The zero-order valence-corrected chi connectivity index (χ0v) is 10.4. The minimum atomic E-state index is -4.85. The third-order valence-electron chi connectivity index (χ3n) is 2.85. The standard InChI is InChI=1S/C13H11F3O4/c1-2-19-12(18)9-10(17)7-5-3-4-6-8(7)20-11(9)13(14,15)16/h3-6,9,11H,2H2,1H3. The second-order valence-corrected chi connectivity index (χ2v) is 4.17. The zero-order valence-electron chi connectivity index (χ0n) is 10.4. The number of Topliss-reactive ketones (excluding diaryl/α,β-unsaturated/α-hetero) is 1. The summed E-state index contributed by atoms with van der Waals surface area (Å²) in [5.41, 5.74) is -0.0500. The Balaban J connectivity index is 2.46. The number of esters is 1. The molecule has 0 fully saturated rings. The molecule has 1 aliphatic rings. The van der Waals surface area contributed by atoms with Crippen LogP contribution in [0.15, 0.2) is 24.3 Å². The van der Waals surface area contributed by atoms with E-state index in [1.165, 1.54) is 31.2 Å². The molecule has 0 aliphatic carbocycles. The van der Waals surface area contributed by atoms with E-state index >= 15 is 0 Å². The predicted octanol–water partition coefficient (Wildman–Crippen LogP) is 2.37. The smallest absolute Gasteiger partial charge is 0.426 e. The minimum absolute atomic E-state index is 0.0500. The van der Waals surface area contributed by atoms with Crippen LogP contribution in [0.2, 0.25) is 0 Å². The third kappa shape index (κ3) is 2.48. The van der Waals surface area contributed by atoms with E-state index in [0.29, 0.717) is 0 Å². The first-order chi connectivity index (χ1) is 9.36. The van der Waals surface area contributed by atoms with E-state index in [1.807, 2.05) is 0 Å². The van der Waals surface area contributed by atoms with Gasteiger partial charge in [-0.2, -0.15) is 13.2 Å². The van der Waals surface area contributed by atoms with Gasteiger partial charge in [0.1, 0.15) is 5.75 Å². The van der Waals surface area contributed by atoms with E-state index in [9.17, 15) is 22.8 Å². The average molecular weight is 288 g/mol. The van der Waals surface area contributed by atoms with Crippen LogP contribution in [0.3, 0.4) is 0 Å². The lowest BCUT2D eigenvalue weighted by molar-refractivity contribution is -0.212. The van der Waals surface area contributed by atoms with Crippen LogP contribution < -0.4 is 4.74 Å². The van der Waals surface area contributed by atoms with Gasteiger partial charge in [-0.05, 0) is 19.1 Å². The molecule has 0 bridgehead atoms. The second-order valence-electron chi connectivity index (χ2n) is 4.17. The van der Waals surface area contributed by atoms with Gasteiger partial charge in [-0.15, -0.1) is 0 Å². The lowest BCUT2D eigenvalue weighted by Crippen LogP contribution is -2.51. The van der Waals surface area contributed by atoms with Crippen LogP contribution in [0.5, 0.6) is 5.75 Å². The normalized spacial score (nSPS) is 21.9. The summed E-state index contributed by atoms with van der Waals surface area (Å²) in [6.45, 7) is 1.33. The number of rotatable bonds is 2. The molecule has 1 aromatic rings. The van der Waals surface area contributed by atoms with E-state index in [0.717, 1.165) is 0 Å². The predicted molar refractivity (Wildman–Crippen MR) is 61.4 cm³/mol. The molecule has 108 valence electrons. The van der Waals surface area contributed by atoms with Crippen molar-refractivity contribution in [3.8, 4) is 5.75 Å². The molecular formula is C13H11F3O4. The summed E-state index contributed by atoms with van der Waals surface area (Å²) in [5.74, 6) is -4.37. The van der Waals surface area contributed by atoms with Crippen molar-refractivity contribution < 1.29 is 32.2 Å². The Morgan fingerprint density at radius 2 is 2.00 bits per heavy atom. The van der Waals surface area contributed by atoms with Gasteiger partial charge in [0, 0.05) is 0 Å². The number of carbonyl (C=O) groups is 2. The van der Waals surface area contributed by atoms with Crippen LogP contribution in [-0.4, -0.2) is 30.6 Å². The first-order valence-corrected chi connectivity index (χ1v) is 5.89. The fraction of sp³-hybridized carbons (Fsp3) is 0.385. The summed E-state index contributed by atoms with van der Waals surface area (Å²) >= 11 is 0. The van der Waals surface area contributed by atoms with Gasteiger partial charge in [-0.1, -0.05) is 12.1 Å². The molecule has 4 nitrogen and oxygen atoms in total. The second kappa shape index (κ2) is 5.15. The first kappa shape index (κ1) is 14.4. The number of hydrogen-bond donors (Lipinski definition) is 0. The van der Waals surface area contributed by atoms with Crippen LogP contribution in [0.1, 0.15) is 17.3 Å². The third-order valence-corrected chi connectivity index (χ3v) is 2.85. The molecule has 0 spiro atoms.